The molecule has 0 aromatic carbocycles. The Labute approximate surface area is 88.5 Å². The lowest BCUT2D eigenvalue weighted by molar-refractivity contribution is 0.794. The van der Waals surface area contributed by atoms with Crippen LogP contribution in [0, 0.1) is 0 Å². The molecule has 1 heterocycles. The van der Waals surface area contributed by atoms with Gasteiger partial charge in [-0.25, -0.2) is 0 Å². The zero-order chi connectivity index (χ0) is 10.8. The lowest BCUT2D eigenvalue weighted by Crippen LogP contribution is -1.95. The maximum absolute atomic E-state index is 8.37. The van der Waals surface area contributed by atoms with Gasteiger partial charge in [-0.15, -0.1) is 0 Å². The van der Waals surface area contributed by atoms with Crippen LogP contribution in [0.2, 0.25) is 0 Å². The van der Waals surface area contributed by atoms with Gasteiger partial charge in [-0.05, 0) is 24.3 Å². The second kappa shape index (κ2) is 3.95. The van der Waals surface area contributed by atoms with Crippen LogP contribution in [-0.4, -0.2) is 10.2 Å². The summed E-state index contributed by atoms with van der Waals surface area (Å²) in [6.45, 7) is 4.63. The number of H-pyrrole nitrogens is 1. The van der Waals surface area contributed by atoms with Crippen molar-refractivity contribution in [3.63, 3.8) is 0 Å². The molecule has 0 amide bonds. The third-order valence-electron chi connectivity index (χ3n) is 2.76. The summed E-state index contributed by atoms with van der Waals surface area (Å²) in [5.74, 6) is 0.992. The van der Waals surface area contributed by atoms with Gasteiger partial charge in [0.1, 0.15) is 0 Å². The number of nitrogens with zero attached hydrogens (tertiary/aromatic N) is 4. The molecule has 0 radical (unpaired) electrons. The first kappa shape index (κ1) is 10.1. The van der Waals surface area contributed by atoms with Crippen LogP contribution in [-0.2, 0) is 6.54 Å². The molecule has 2 rings (SSSR count). The first-order chi connectivity index (χ1) is 7.24. The number of azide groups is 1. The van der Waals surface area contributed by atoms with Crippen LogP contribution in [0.4, 0.5) is 0 Å². The van der Waals surface area contributed by atoms with E-state index in [9.17, 15) is 0 Å². The molecule has 5 nitrogen and oxygen atoms in total. The Balaban J connectivity index is 2.33. The first-order valence-electron chi connectivity index (χ1n) is 5.32. The molecule has 1 saturated carbocycles. The summed E-state index contributed by atoms with van der Waals surface area (Å²) in [6.07, 6.45) is 2.45. The number of aromatic amines is 1. The number of hydrogen-bond donors (Lipinski definition) is 1. The molecule has 0 bridgehead atoms. The molecule has 1 aliphatic rings. The normalized spacial score (nSPS) is 15.4. The maximum Gasteiger partial charge on any atom is 0.0683 e. The molecule has 80 valence electrons. The van der Waals surface area contributed by atoms with Gasteiger partial charge in [0, 0.05) is 22.1 Å². The van der Waals surface area contributed by atoms with Crippen LogP contribution in [0.5, 0.6) is 0 Å². The first-order valence-corrected chi connectivity index (χ1v) is 5.32. The molecule has 15 heavy (non-hydrogen) atoms. The lowest BCUT2D eigenvalue weighted by atomic mass is 10.0. The van der Waals surface area contributed by atoms with Crippen LogP contribution in [0.1, 0.15) is 55.5 Å². The SMILES string of the molecule is CC(C)c1n[nH]c(C2CC2)c1CN=[N+]=[N-]. The second-order valence-corrected chi connectivity index (χ2v) is 4.32. The molecule has 0 unspecified atom stereocenters. The molecular formula is C10H15N5. The van der Waals surface area contributed by atoms with Crippen molar-refractivity contribution in [3.8, 4) is 0 Å². The van der Waals surface area contributed by atoms with E-state index in [2.05, 4.69) is 34.1 Å². The molecule has 1 fully saturated rings. The van der Waals surface area contributed by atoms with Crippen molar-refractivity contribution >= 4 is 0 Å². The van der Waals surface area contributed by atoms with Crippen molar-refractivity contribution in [2.75, 3.05) is 0 Å². The Morgan fingerprint density at radius 2 is 2.33 bits per heavy atom. The van der Waals surface area contributed by atoms with Gasteiger partial charge in [0.2, 0.25) is 0 Å². The summed E-state index contributed by atoms with van der Waals surface area (Å²) in [6, 6.07) is 0. The fraction of sp³-hybridized carbons (Fsp3) is 0.700. The van der Waals surface area contributed by atoms with E-state index in [0.717, 1.165) is 11.3 Å². The molecule has 1 N–H and O–H groups in total. The highest BCUT2D eigenvalue weighted by Crippen LogP contribution is 2.42. The van der Waals surface area contributed by atoms with Crippen molar-refractivity contribution in [1.29, 1.82) is 0 Å². The highest BCUT2D eigenvalue weighted by Gasteiger charge is 2.29. The fourth-order valence-electron chi connectivity index (χ4n) is 1.85. The monoisotopic (exact) mass is 205 g/mol. The van der Waals surface area contributed by atoms with Gasteiger partial charge in [-0.3, -0.25) is 5.10 Å². The lowest BCUT2D eigenvalue weighted by Gasteiger charge is -2.04. The average molecular weight is 205 g/mol. The van der Waals surface area contributed by atoms with Crippen molar-refractivity contribution in [2.24, 2.45) is 5.11 Å². The zero-order valence-corrected chi connectivity index (χ0v) is 9.06. The zero-order valence-electron chi connectivity index (χ0n) is 9.06. The largest absolute Gasteiger partial charge is 0.282 e. The van der Waals surface area contributed by atoms with E-state index in [1.807, 2.05) is 0 Å². The van der Waals surface area contributed by atoms with E-state index in [0.29, 0.717) is 18.4 Å². The summed E-state index contributed by atoms with van der Waals surface area (Å²) in [5.41, 5.74) is 11.7. The standard InChI is InChI=1S/C10H15N5/c1-6(2)9-8(5-12-15-11)10(14-13-9)7-3-4-7/h6-7H,3-5H2,1-2H3,(H,13,14). The van der Waals surface area contributed by atoms with Crippen LogP contribution in [0.25, 0.3) is 10.4 Å². The van der Waals surface area contributed by atoms with Crippen molar-refractivity contribution in [1.82, 2.24) is 10.2 Å². The molecule has 0 spiro atoms. The Bertz CT molecular complexity index is 376. The quantitative estimate of drug-likeness (QED) is 0.457. The Morgan fingerprint density at radius 3 is 2.87 bits per heavy atom. The number of nitrogens with one attached hydrogen (secondary N) is 1. The average Bonchev–Trinajstić information content (AvgIpc) is 2.95. The summed E-state index contributed by atoms with van der Waals surface area (Å²) >= 11 is 0. The summed E-state index contributed by atoms with van der Waals surface area (Å²) in [5, 5.41) is 11.1. The smallest absolute Gasteiger partial charge is 0.0683 e. The summed E-state index contributed by atoms with van der Waals surface area (Å²) in [7, 11) is 0. The van der Waals surface area contributed by atoms with Gasteiger partial charge < -0.3 is 0 Å². The maximum atomic E-state index is 8.37. The van der Waals surface area contributed by atoms with E-state index in [1.54, 1.807) is 0 Å². The molecule has 1 aliphatic carbocycles. The van der Waals surface area contributed by atoms with E-state index >= 15 is 0 Å². The summed E-state index contributed by atoms with van der Waals surface area (Å²) < 4.78 is 0. The predicted molar refractivity (Wildman–Crippen MR) is 57.5 cm³/mol. The number of rotatable bonds is 4. The number of hydrogen-bond acceptors (Lipinski definition) is 2. The Hall–Kier alpha value is -1.48. The van der Waals surface area contributed by atoms with Crippen LogP contribution >= 0.6 is 0 Å². The molecule has 0 atom stereocenters. The minimum Gasteiger partial charge on any atom is -0.282 e. The van der Waals surface area contributed by atoms with Crippen LogP contribution < -0.4 is 0 Å². The van der Waals surface area contributed by atoms with Gasteiger partial charge in [0.25, 0.3) is 0 Å². The van der Waals surface area contributed by atoms with E-state index in [1.165, 1.54) is 18.5 Å². The Morgan fingerprint density at radius 1 is 1.60 bits per heavy atom. The number of aromatic nitrogens is 2. The minimum atomic E-state index is 0.373. The van der Waals surface area contributed by atoms with Gasteiger partial charge in [0.15, 0.2) is 0 Å². The molecule has 1 aromatic heterocycles. The van der Waals surface area contributed by atoms with Crippen molar-refractivity contribution < 1.29 is 0 Å². The van der Waals surface area contributed by atoms with Crippen LogP contribution in [0.15, 0.2) is 5.11 Å². The van der Waals surface area contributed by atoms with E-state index in [4.69, 9.17) is 5.53 Å². The van der Waals surface area contributed by atoms with E-state index in [-0.39, 0.29) is 0 Å². The van der Waals surface area contributed by atoms with E-state index < -0.39 is 0 Å². The second-order valence-electron chi connectivity index (χ2n) is 4.32. The molecular weight excluding hydrogens is 190 g/mol. The third kappa shape index (κ3) is 1.97. The highest BCUT2D eigenvalue weighted by atomic mass is 15.2. The molecule has 0 aliphatic heterocycles. The fourth-order valence-corrected chi connectivity index (χ4v) is 1.85. The van der Waals surface area contributed by atoms with Crippen molar-refractivity contribution in [2.45, 2.75) is 45.1 Å². The summed E-state index contributed by atoms with van der Waals surface area (Å²) in [4.78, 5) is 2.82. The third-order valence-corrected chi connectivity index (χ3v) is 2.76. The van der Waals surface area contributed by atoms with Gasteiger partial charge in [0.05, 0.1) is 12.2 Å². The highest BCUT2D eigenvalue weighted by molar-refractivity contribution is 5.32. The molecule has 0 saturated heterocycles. The Kier molecular flexibility index (Phi) is 2.64. The van der Waals surface area contributed by atoms with Crippen molar-refractivity contribution in [3.05, 3.63) is 27.4 Å². The van der Waals surface area contributed by atoms with Gasteiger partial charge in [-0.2, -0.15) is 5.10 Å². The van der Waals surface area contributed by atoms with Crippen LogP contribution in [0.3, 0.4) is 0 Å². The molecule has 1 aromatic rings. The topological polar surface area (TPSA) is 77.4 Å². The molecule has 5 heteroatoms. The minimum absolute atomic E-state index is 0.373. The van der Waals surface area contributed by atoms with Gasteiger partial charge >= 0.3 is 0 Å². The van der Waals surface area contributed by atoms with Gasteiger partial charge in [-0.1, -0.05) is 19.0 Å². The predicted octanol–water partition coefficient (Wildman–Crippen LogP) is 3.22.